The molecule has 0 fully saturated rings. The standard InChI is InChI=1S/C14H20FN3/c1-5-16-14(3,4)13-17-11-9-10(15)7-8-12(11)18(13)6-2/h7-9,16H,5-6H2,1-4H3. The van der Waals surface area contributed by atoms with Gasteiger partial charge < -0.3 is 9.88 Å². The third kappa shape index (κ3) is 2.12. The van der Waals surface area contributed by atoms with Crippen molar-refractivity contribution < 1.29 is 4.39 Å². The van der Waals surface area contributed by atoms with Crippen LogP contribution in [0.25, 0.3) is 11.0 Å². The third-order valence-electron chi connectivity index (χ3n) is 3.20. The summed E-state index contributed by atoms with van der Waals surface area (Å²) in [4.78, 5) is 4.60. The SMILES string of the molecule is CCNC(C)(C)c1nc2cc(F)ccc2n1CC. The number of nitrogens with one attached hydrogen (secondary N) is 1. The first-order chi connectivity index (χ1) is 8.49. The molecule has 1 aromatic heterocycles. The topological polar surface area (TPSA) is 29.9 Å². The van der Waals surface area contributed by atoms with E-state index in [0.717, 1.165) is 29.9 Å². The predicted molar refractivity (Wildman–Crippen MR) is 72.1 cm³/mol. The van der Waals surface area contributed by atoms with Crippen molar-refractivity contribution in [3.05, 3.63) is 29.8 Å². The molecule has 2 aromatic rings. The van der Waals surface area contributed by atoms with Gasteiger partial charge in [-0.25, -0.2) is 9.37 Å². The highest BCUT2D eigenvalue weighted by Gasteiger charge is 2.26. The van der Waals surface area contributed by atoms with E-state index in [-0.39, 0.29) is 11.4 Å². The fourth-order valence-corrected chi connectivity index (χ4v) is 2.42. The zero-order valence-electron chi connectivity index (χ0n) is 11.4. The van der Waals surface area contributed by atoms with E-state index < -0.39 is 0 Å². The number of aromatic nitrogens is 2. The maximum atomic E-state index is 13.3. The van der Waals surface area contributed by atoms with Crippen LogP contribution in [0.15, 0.2) is 18.2 Å². The quantitative estimate of drug-likeness (QED) is 0.902. The Morgan fingerprint density at radius 1 is 1.33 bits per heavy atom. The molecule has 0 saturated heterocycles. The minimum absolute atomic E-state index is 0.222. The Morgan fingerprint density at radius 2 is 2.06 bits per heavy atom. The Morgan fingerprint density at radius 3 is 2.67 bits per heavy atom. The molecule has 0 aliphatic carbocycles. The van der Waals surface area contributed by atoms with Crippen molar-refractivity contribution in [3.8, 4) is 0 Å². The summed E-state index contributed by atoms with van der Waals surface area (Å²) in [7, 11) is 0. The van der Waals surface area contributed by atoms with Gasteiger partial charge in [0.1, 0.15) is 11.6 Å². The van der Waals surface area contributed by atoms with E-state index in [4.69, 9.17) is 0 Å². The second kappa shape index (κ2) is 4.69. The first-order valence-electron chi connectivity index (χ1n) is 6.41. The van der Waals surface area contributed by atoms with E-state index in [0.29, 0.717) is 0 Å². The van der Waals surface area contributed by atoms with Gasteiger partial charge in [-0.1, -0.05) is 6.92 Å². The van der Waals surface area contributed by atoms with Gasteiger partial charge in [-0.2, -0.15) is 0 Å². The van der Waals surface area contributed by atoms with Gasteiger partial charge in [0, 0.05) is 12.6 Å². The van der Waals surface area contributed by atoms with Crippen molar-refractivity contribution in [2.24, 2.45) is 0 Å². The maximum Gasteiger partial charge on any atom is 0.129 e. The number of hydrogen-bond donors (Lipinski definition) is 1. The van der Waals surface area contributed by atoms with Gasteiger partial charge in [0.25, 0.3) is 0 Å². The van der Waals surface area contributed by atoms with Gasteiger partial charge in [0.2, 0.25) is 0 Å². The molecule has 0 bridgehead atoms. The summed E-state index contributed by atoms with van der Waals surface area (Å²) in [5.74, 6) is 0.712. The molecule has 1 heterocycles. The van der Waals surface area contributed by atoms with Gasteiger partial charge in [-0.3, -0.25) is 0 Å². The number of halogens is 1. The summed E-state index contributed by atoms with van der Waals surface area (Å²) in [6, 6.07) is 4.78. The molecule has 0 amide bonds. The molecule has 18 heavy (non-hydrogen) atoms. The fraction of sp³-hybridized carbons (Fsp3) is 0.500. The Hall–Kier alpha value is -1.42. The fourth-order valence-electron chi connectivity index (χ4n) is 2.42. The molecule has 0 atom stereocenters. The van der Waals surface area contributed by atoms with E-state index >= 15 is 0 Å². The maximum absolute atomic E-state index is 13.3. The number of hydrogen-bond acceptors (Lipinski definition) is 2. The number of benzene rings is 1. The molecule has 4 heteroatoms. The molecule has 0 aliphatic rings. The van der Waals surface area contributed by atoms with Crippen LogP contribution >= 0.6 is 0 Å². The van der Waals surface area contributed by atoms with Gasteiger partial charge in [-0.15, -0.1) is 0 Å². The highest BCUT2D eigenvalue weighted by molar-refractivity contribution is 5.76. The summed E-state index contributed by atoms with van der Waals surface area (Å²) in [5, 5.41) is 3.41. The van der Waals surface area contributed by atoms with Crippen molar-refractivity contribution in [2.45, 2.75) is 39.8 Å². The van der Waals surface area contributed by atoms with Crippen LogP contribution in [0.3, 0.4) is 0 Å². The molecular weight excluding hydrogens is 229 g/mol. The summed E-state index contributed by atoms with van der Waals surface area (Å²) in [6.45, 7) is 10.0. The van der Waals surface area contributed by atoms with Crippen LogP contribution in [0.4, 0.5) is 4.39 Å². The number of imidazole rings is 1. The van der Waals surface area contributed by atoms with Crippen molar-refractivity contribution >= 4 is 11.0 Å². The summed E-state index contributed by atoms with van der Waals surface area (Å²) >= 11 is 0. The van der Waals surface area contributed by atoms with Crippen molar-refractivity contribution in [1.29, 1.82) is 0 Å². The number of nitrogens with zero attached hydrogens (tertiary/aromatic N) is 2. The molecule has 3 nitrogen and oxygen atoms in total. The second-order valence-electron chi connectivity index (χ2n) is 4.97. The Labute approximate surface area is 107 Å². The molecule has 0 radical (unpaired) electrons. The lowest BCUT2D eigenvalue weighted by molar-refractivity contribution is 0.377. The van der Waals surface area contributed by atoms with Gasteiger partial charge >= 0.3 is 0 Å². The predicted octanol–water partition coefficient (Wildman–Crippen LogP) is 3.04. The lowest BCUT2D eigenvalue weighted by Gasteiger charge is -2.25. The average molecular weight is 249 g/mol. The molecule has 1 aromatic carbocycles. The van der Waals surface area contributed by atoms with Crippen molar-refractivity contribution in [1.82, 2.24) is 14.9 Å². The lowest BCUT2D eigenvalue weighted by Crippen LogP contribution is -2.38. The van der Waals surface area contributed by atoms with Crippen LogP contribution in [-0.4, -0.2) is 16.1 Å². The van der Waals surface area contributed by atoms with Crippen molar-refractivity contribution in [3.63, 3.8) is 0 Å². The van der Waals surface area contributed by atoms with Crippen LogP contribution in [-0.2, 0) is 12.1 Å². The van der Waals surface area contributed by atoms with E-state index in [1.165, 1.54) is 12.1 Å². The summed E-state index contributed by atoms with van der Waals surface area (Å²) in [6.07, 6.45) is 0. The molecule has 0 spiro atoms. The van der Waals surface area contributed by atoms with Gasteiger partial charge in [0.15, 0.2) is 0 Å². The van der Waals surface area contributed by atoms with Crippen LogP contribution in [0.1, 0.15) is 33.5 Å². The van der Waals surface area contributed by atoms with E-state index in [2.05, 4.69) is 42.6 Å². The van der Waals surface area contributed by atoms with E-state index in [9.17, 15) is 4.39 Å². The Balaban J connectivity index is 2.63. The van der Waals surface area contributed by atoms with Crippen LogP contribution < -0.4 is 5.32 Å². The third-order valence-corrected chi connectivity index (χ3v) is 3.20. The molecule has 0 aliphatic heterocycles. The smallest absolute Gasteiger partial charge is 0.129 e. The number of aryl methyl sites for hydroxylation is 1. The molecule has 2 rings (SSSR count). The molecule has 0 unspecified atom stereocenters. The normalized spacial score (nSPS) is 12.3. The number of fused-ring (bicyclic) bond motifs is 1. The number of rotatable bonds is 4. The highest BCUT2D eigenvalue weighted by Crippen LogP contribution is 2.25. The van der Waals surface area contributed by atoms with E-state index in [1.807, 2.05) is 0 Å². The Bertz CT molecular complexity index is 557. The summed E-state index contributed by atoms with van der Waals surface area (Å²) < 4.78 is 15.4. The lowest BCUT2D eigenvalue weighted by atomic mass is 10.0. The van der Waals surface area contributed by atoms with Crippen LogP contribution in [0.5, 0.6) is 0 Å². The zero-order valence-corrected chi connectivity index (χ0v) is 11.4. The van der Waals surface area contributed by atoms with Crippen molar-refractivity contribution in [2.75, 3.05) is 6.54 Å². The first-order valence-corrected chi connectivity index (χ1v) is 6.41. The molecule has 0 saturated carbocycles. The largest absolute Gasteiger partial charge is 0.327 e. The van der Waals surface area contributed by atoms with Gasteiger partial charge in [-0.05, 0) is 39.4 Å². The highest BCUT2D eigenvalue weighted by atomic mass is 19.1. The minimum Gasteiger partial charge on any atom is -0.327 e. The second-order valence-corrected chi connectivity index (χ2v) is 4.97. The molecule has 98 valence electrons. The van der Waals surface area contributed by atoms with Gasteiger partial charge in [0.05, 0.1) is 16.6 Å². The van der Waals surface area contributed by atoms with Crippen LogP contribution in [0.2, 0.25) is 0 Å². The average Bonchev–Trinajstić information content (AvgIpc) is 2.67. The van der Waals surface area contributed by atoms with E-state index in [1.54, 1.807) is 6.07 Å². The zero-order chi connectivity index (χ0) is 13.3. The van der Waals surface area contributed by atoms with Crippen LogP contribution in [0, 0.1) is 5.82 Å². The summed E-state index contributed by atoms with van der Waals surface area (Å²) in [5.41, 5.74) is 1.48. The Kier molecular flexibility index (Phi) is 3.39. The molecule has 1 N–H and O–H groups in total. The minimum atomic E-state index is -0.240. The molecular formula is C14H20FN3. The monoisotopic (exact) mass is 249 g/mol. The first kappa shape index (κ1) is 13.0.